The molecule has 28 heavy (non-hydrogen) atoms. The fourth-order valence-corrected chi connectivity index (χ4v) is 4.22. The Morgan fingerprint density at radius 2 is 1.93 bits per heavy atom. The van der Waals surface area contributed by atoms with Crippen LogP contribution in [0.25, 0.3) is 0 Å². The van der Waals surface area contributed by atoms with E-state index in [1.165, 1.54) is 30.5 Å². The van der Waals surface area contributed by atoms with E-state index in [0.29, 0.717) is 6.04 Å². The number of hydrogen-bond donors (Lipinski definition) is 2. The lowest BCUT2D eigenvalue weighted by Crippen LogP contribution is -2.46. The van der Waals surface area contributed by atoms with Gasteiger partial charge in [-0.1, -0.05) is 48.5 Å². The molecule has 1 saturated heterocycles. The number of guanidine groups is 1. The zero-order valence-electron chi connectivity index (χ0n) is 16.6. The number of rotatable bonds is 5. The SMILES string of the molecule is CN=C(NCC1CCCN1Cc1ccccc1)NC1CCOc2ccccc21. The van der Waals surface area contributed by atoms with Gasteiger partial charge in [-0.25, -0.2) is 0 Å². The Labute approximate surface area is 167 Å². The van der Waals surface area contributed by atoms with Crippen molar-refractivity contribution in [1.29, 1.82) is 0 Å². The molecule has 2 unspecified atom stereocenters. The molecule has 0 aromatic heterocycles. The monoisotopic (exact) mass is 378 g/mol. The largest absolute Gasteiger partial charge is 0.493 e. The smallest absolute Gasteiger partial charge is 0.191 e. The maximum absolute atomic E-state index is 5.77. The summed E-state index contributed by atoms with van der Waals surface area (Å²) in [6.45, 7) is 3.84. The fraction of sp³-hybridized carbons (Fsp3) is 0.435. The Hall–Kier alpha value is -2.53. The summed E-state index contributed by atoms with van der Waals surface area (Å²) in [6.07, 6.45) is 3.44. The summed E-state index contributed by atoms with van der Waals surface area (Å²) in [7, 11) is 1.84. The highest BCUT2D eigenvalue weighted by Crippen LogP contribution is 2.31. The van der Waals surface area contributed by atoms with Crippen LogP contribution in [0.5, 0.6) is 5.75 Å². The highest BCUT2D eigenvalue weighted by atomic mass is 16.5. The van der Waals surface area contributed by atoms with Gasteiger partial charge in [-0.05, 0) is 31.0 Å². The standard InChI is InChI=1S/C23H30N4O/c1-24-23(26-21-13-15-28-22-12-6-5-11-20(21)22)25-16-19-10-7-14-27(19)17-18-8-3-2-4-9-18/h2-6,8-9,11-12,19,21H,7,10,13-17H2,1H3,(H2,24,25,26). The van der Waals surface area contributed by atoms with Crippen molar-refractivity contribution in [2.24, 2.45) is 4.99 Å². The van der Waals surface area contributed by atoms with Crippen molar-refractivity contribution in [3.63, 3.8) is 0 Å². The third kappa shape index (κ3) is 4.47. The van der Waals surface area contributed by atoms with Crippen molar-refractivity contribution >= 4 is 5.96 Å². The Morgan fingerprint density at radius 1 is 1.11 bits per heavy atom. The highest BCUT2D eigenvalue weighted by molar-refractivity contribution is 5.80. The molecule has 2 aromatic rings. The second kappa shape index (κ2) is 9.11. The van der Waals surface area contributed by atoms with Crippen LogP contribution in [0.2, 0.25) is 0 Å². The van der Waals surface area contributed by atoms with E-state index in [4.69, 9.17) is 4.74 Å². The number of fused-ring (bicyclic) bond motifs is 1. The predicted octanol–water partition coefficient (Wildman–Crippen LogP) is 3.34. The first-order valence-corrected chi connectivity index (χ1v) is 10.3. The van der Waals surface area contributed by atoms with E-state index in [1.807, 2.05) is 19.2 Å². The summed E-state index contributed by atoms with van der Waals surface area (Å²) >= 11 is 0. The van der Waals surface area contributed by atoms with E-state index in [9.17, 15) is 0 Å². The van der Waals surface area contributed by atoms with Gasteiger partial charge in [0.1, 0.15) is 5.75 Å². The first-order valence-electron chi connectivity index (χ1n) is 10.3. The van der Waals surface area contributed by atoms with E-state index in [1.54, 1.807) is 0 Å². The average molecular weight is 379 g/mol. The van der Waals surface area contributed by atoms with Gasteiger partial charge in [-0.3, -0.25) is 9.89 Å². The molecular formula is C23H30N4O. The molecule has 0 amide bonds. The van der Waals surface area contributed by atoms with Crippen LogP contribution in [0.3, 0.4) is 0 Å². The third-order valence-corrected chi connectivity index (χ3v) is 5.73. The van der Waals surface area contributed by atoms with Crippen LogP contribution in [0.1, 0.15) is 36.4 Å². The minimum absolute atomic E-state index is 0.236. The minimum Gasteiger partial charge on any atom is -0.493 e. The van der Waals surface area contributed by atoms with Crippen molar-refractivity contribution in [2.75, 3.05) is 26.7 Å². The normalized spacial score (nSPS) is 22.4. The molecule has 0 saturated carbocycles. The molecule has 2 atom stereocenters. The lowest BCUT2D eigenvalue weighted by atomic mass is 10.0. The molecule has 4 rings (SSSR count). The molecule has 5 heteroatoms. The number of nitrogens with one attached hydrogen (secondary N) is 2. The van der Waals surface area contributed by atoms with E-state index in [2.05, 4.69) is 63.0 Å². The molecule has 2 aromatic carbocycles. The van der Waals surface area contributed by atoms with Gasteiger partial charge in [0.15, 0.2) is 5.96 Å². The number of benzene rings is 2. The molecule has 0 bridgehead atoms. The molecular weight excluding hydrogens is 348 g/mol. The molecule has 148 valence electrons. The van der Waals surface area contributed by atoms with Gasteiger partial charge in [0, 0.05) is 38.2 Å². The zero-order valence-corrected chi connectivity index (χ0v) is 16.6. The molecule has 0 spiro atoms. The number of likely N-dealkylation sites (tertiary alicyclic amines) is 1. The molecule has 2 aliphatic rings. The van der Waals surface area contributed by atoms with E-state index < -0.39 is 0 Å². The number of nitrogens with zero attached hydrogens (tertiary/aromatic N) is 2. The van der Waals surface area contributed by atoms with Crippen LogP contribution < -0.4 is 15.4 Å². The predicted molar refractivity (Wildman–Crippen MR) is 114 cm³/mol. The first kappa shape index (κ1) is 18.8. The van der Waals surface area contributed by atoms with Gasteiger partial charge in [0.2, 0.25) is 0 Å². The van der Waals surface area contributed by atoms with Crippen LogP contribution in [0.4, 0.5) is 0 Å². The van der Waals surface area contributed by atoms with E-state index in [-0.39, 0.29) is 6.04 Å². The molecule has 0 aliphatic carbocycles. The first-order chi connectivity index (χ1) is 13.8. The number of aliphatic imine (C=N–C) groups is 1. The molecule has 2 aliphatic heterocycles. The Balaban J connectivity index is 1.33. The van der Waals surface area contributed by atoms with Crippen LogP contribution in [-0.4, -0.2) is 43.6 Å². The average Bonchev–Trinajstić information content (AvgIpc) is 3.19. The Kier molecular flexibility index (Phi) is 6.12. The number of ether oxygens (including phenoxy) is 1. The molecule has 0 radical (unpaired) electrons. The van der Waals surface area contributed by atoms with Gasteiger partial charge >= 0.3 is 0 Å². The summed E-state index contributed by atoms with van der Waals surface area (Å²) in [5.74, 6) is 1.85. The summed E-state index contributed by atoms with van der Waals surface area (Å²) in [4.78, 5) is 7.04. The maximum atomic E-state index is 5.77. The third-order valence-electron chi connectivity index (χ3n) is 5.73. The van der Waals surface area contributed by atoms with Crippen molar-refractivity contribution in [3.8, 4) is 5.75 Å². The Bertz CT molecular complexity index is 792. The van der Waals surface area contributed by atoms with Crippen LogP contribution in [0.15, 0.2) is 59.6 Å². The molecule has 1 fully saturated rings. The van der Waals surface area contributed by atoms with Crippen molar-refractivity contribution in [3.05, 3.63) is 65.7 Å². The number of hydrogen-bond acceptors (Lipinski definition) is 3. The molecule has 2 heterocycles. The topological polar surface area (TPSA) is 48.9 Å². The maximum Gasteiger partial charge on any atom is 0.191 e. The van der Waals surface area contributed by atoms with Gasteiger partial charge < -0.3 is 15.4 Å². The second-order valence-electron chi connectivity index (χ2n) is 7.58. The quantitative estimate of drug-likeness (QED) is 0.619. The fourth-order valence-electron chi connectivity index (χ4n) is 4.22. The highest BCUT2D eigenvalue weighted by Gasteiger charge is 2.26. The summed E-state index contributed by atoms with van der Waals surface area (Å²) in [5.41, 5.74) is 2.60. The van der Waals surface area contributed by atoms with Gasteiger partial charge in [0.25, 0.3) is 0 Å². The lowest BCUT2D eigenvalue weighted by molar-refractivity contribution is 0.244. The van der Waals surface area contributed by atoms with Gasteiger partial charge in [-0.2, -0.15) is 0 Å². The molecule has 2 N–H and O–H groups in total. The lowest BCUT2D eigenvalue weighted by Gasteiger charge is -2.29. The summed E-state index contributed by atoms with van der Waals surface area (Å²) in [6, 6.07) is 19.8. The van der Waals surface area contributed by atoms with Crippen molar-refractivity contribution < 1.29 is 4.74 Å². The van der Waals surface area contributed by atoms with Crippen molar-refractivity contribution in [2.45, 2.75) is 37.9 Å². The van der Waals surface area contributed by atoms with Gasteiger partial charge in [-0.15, -0.1) is 0 Å². The van der Waals surface area contributed by atoms with Gasteiger partial charge in [0.05, 0.1) is 12.6 Å². The summed E-state index contributed by atoms with van der Waals surface area (Å²) in [5, 5.41) is 7.15. The number of para-hydroxylation sites is 1. The minimum atomic E-state index is 0.236. The summed E-state index contributed by atoms with van der Waals surface area (Å²) < 4.78 is 5.77. The van der Waals surface area contributed by atoms with E-state index >= 15 is 0 Å². The Morgan fingerprint density at radius 3 is 2.79 bits per heavy atom. The van der Waals surface area contributed by atoms with Crippen LogP contribution >= 0.6 is 0 Å². The van der Waals surface area contributed by atoms with Crippen LogP contribution in [-0.2, 0) is 6.54 Å². The second-order valence-corrected chi connectivity index (χ2v) is 7.58. The van der Waals surface area contributed by atoms with E-state index in [0.717, 1.165) is 37.8 Å². The van der Waals surface area contributed by atoms with Crippen LogP contribution in [0, 0.1) is 0 Å². The zero-order chi connectivity index (χ0) is 19.2. The molecule has 5 nitrogen and oxygen atoms in total. The van der Waals surface area contributed by atoms with Crippen molar-refractivity contribution in [1.82, 2.24) is 15.5 Å².